The van der Waals surface area contributed by atoms with E-state index in [4.69, 9.17) is 12.8 Å². The van der Waals surface area contributed by atoms with Crippen LogP contribution in [-0.4, -0.2) is 39.8 Å². The number of aromatic amines is 2. The quantitative estimate of drug-likeness (QED) is 0.180. The van der Waals surface area contributed by atoms with Gasteiger partial charge in [-0.3, -0.25) is 4.79 Å². The summed E-state index contributed by atoms with van der Waals surface area (Å²) in [5.41, 5.74) is 4.75. The molecule has 2 radical (unpaired) electrons. The summed E-state index contributed by atoms with van der Waals surface area (Å²) in [6.07, 6.45) is 1.91. The Kier molecular flexibility index (Phi) is 5.03. The van der Waals surface area contributed by atoms with Gasteiger partial charge in [0.05, 0.1) is 22.2 Å². The Bertz CT molecular complexity index is 2130. The molecule has 7 rings (SSSR count). The van der Waals surface area contributed by atoms with Crippen molar-refractivity contribution in [2.45, 2.75) is 0 Å². The minimum absolute atomic E-state index is 0.0539. The maximum Gasteiger partial charge on any atom is 0.336 e. The van der Waals surface area contributed by atoms with Crippen molar-refractivity contribution in [3.63, 3.8) is 0 Å². The molecule has 184 valence electrons. The second-order valence-corrected chi connectivity index (χ2v) is 9.43. The number of benzene rings is 5. The van der Waals surface area contributed by atoms with Crippen LogP contribution >= 0.6 is 0 Å². The predicted molar refractivity (Wildman–Crippen MR) is 155 cm³/mol. The zero-order chi connectivity index (χ0) is 26.7. The zero-order valence-corrected chi connectivity index (χ0v) is 20.4. The van der Waals surface area contributed by atoms with E-state index in [9.17, 15) is 14.7 Å². The van der Waals surface area contributed by atoms with Gasteiger partial charge in [-0.15, -0.1) is 0 Å². The molecule has 8 heteroatoms. The summed E-state index contributed by atoms with van der Waals surface area (Å²) in [5.74, 6) is -0.952. The molecule has 0 aliphatic heterocycles. The number of H-pyrrole nitrogens is 2. The fraction of sp³-hybridized carbons (Fsp3) is 0. The number of carboxylic acids is 1. The standard InChI is InChI=1S/C31H19BN4O3/c32-16-9-12-26-23(13-16)25(15-33-26)29-35-27-20-6-2-1-5-18(20)19-11-10-17(14-24(19)28(27)36-29)34-30(37)21-7-3-4-8-22(21)31(38)39/h1-15,33H,(H,34,37)(H,35,36)(H,38,39). The molecular weight excluding hydrogens is 487 g/mol. The van der Waals surface area contributed by atoms with Crippen molar-refractivity contribution in [1.29, 1.82) is 0 Å². The van der Waals surface area contributed by atoms with Gasteiger partial charge in [0.2, 0.25) is 0 Å². The van der Waals surface area contributed by atoms with Gasteiger partial charge in [0.1, 0.15) is 13.7 Å². The van der Waals surface area contributed by atoms with E-state index in [0.717, 1.165) is 49.0 Å². The maximum absolute atomic E-state index is 13.1. The van der Waals surface area contributed by atoms with Gasteiger partial charge in [-0.1, -0.05) is 60.1 Å². The third-order valence-corrected chi connectivity index (χ3v) is 7.09. The molecule has 0 fully saturated rings. The first kappa shape index (κ1) is 22.8. The molecule has 0 aliphatic carbocycles. The summed E-state index contributed by atoms with van der Waals surface area (Å²) in [4.78, 5) is 36.5. The third-order valence-electron chi connectivity index (χ3n) is 7.09. The number of aromatic carboxylic acids is 1. The average molecular weight is 506 g/mol. The number of fused-ring (bicyclic) bond motifs is 7. The van der Waals surface area contributed by atoms with Crippen molar-refractivity contribution in [1.82, 2.24) is 15.0 Å². The number of carbonyl (C=O) groups is 2. The van der Waals surface area contributed by atoms with E-state index in [0.29, 0.717) is 17.0 Å². The second-order valence-electron chi connectivity index (χ2n) is 9.43. The van der Waals surface area contributed by atoms with Gasteiger partial charge >= 0.3 is 5.97 Å². The van der Waals surface area contributed by atoms with Gasteiger partial charge < -0.3 is 20.4 Å². The first-order chi connectivity index (χ1) is 19.0. The van der Waals surface area contributed by atoms with Gasteiger partial charge in [0.25, 0.3) is 5.91 Å². The Morgan fingerprint density at radius 2 is 1.54 bits per heavy atom. The van der Waals surface area contributed by atoms with Crippen molar-refractivity contribution in [2.24, 2.45) is 0 Å². The van der Waals surface area contributed by atoms with Crippen molar-refractivity contribution in [2.75, 3.05) is 5.32 Å². The lowest BCUT2D eigenvalue weighted by Crippen LogP contribution is -2.16. The Morgan fingerprint density at radius 1 is 0.795 bits per heavy atom. The number of hydrogen-bond donors (Lipinski definition) is 4. The second kappa shape index (κ2) is 8.60. The number of rotatable bonds is 4. The highest BCUT2D eigenvalue weighted by atomic mass is 16.4. The Labute approximate surface area is 222 Å². The topological polar surface area (TPSA) is 111 Å². The number of imidazole rings is 1. The molecule has 1 amide bonds. The van der Waals surface area contributed by atoms with E-state index < -0.39 is 11.9 Å². The molecule has 0 bridgehead atoms. The molecule has 0 atom stereocenters. The van der Waals surface area contributed by atoms with Gasteiger partial charge in [0, 0.05) is 39.1 Å². The van der Waals surface area contributed by atoms with Gasteiger partial charge in [-0.25, -0.2) is 9.78 Å². The van der Waals surface area contributed by atoms with E-state index in [1.807, 2.05) is 60.8 Å². The van der Waals surface area contributed by atoms with E-state index in [-0.39, 0.29) is 11.1 Å². The van der Waals surface area contributed by atoms with Gasteiger partial charge in [-0.05, 0) is 41.1 Å². The summed E-state index contributed by atoms with van der Waals surface area (Å²) in [6.45, 7) is 0. The van der Waals surface area contributed by atoms with E-state index in [1.54, 1.807) is 12.1 Å². The van der Waals surface area contributed by atoms with Crippen LogP contribution in [0.5, 0.6) is 0 Å². The van der Waals surface area contributed by atoms with Crippen molar-refractivity contribution < 1.29 is 14.7 Å². The fourth-order valence-corrected chi connectivity index (χ4v) is 5.28. The molecule has 39 heavy (non-hydrogen) atoms. The van der Waals surface area contributed by atoms with Crippen LogP contribution in [0.4, 0.5) is 5.69 Å². The normalized spacial score (nSPS) is 11.5. The molecule has 0 saturated heterocycles. The van der Waals surface area contributed by atoms with Crippen LogP contribution in [0.1, 0.15) is 20.7 Å². The lowest BCUT2D eigenvalue weighted by Gasteiger charge is -2.11. The highest BCUT2D eigenvalue weighted by Crippen LogP contribution is 2.37. The number of hydrogen-bond acceptors (Lipinski definition) is 3. The molecule has 7 nitrogen and oxygen atoms in total. The highest BCUT2D eigenvalue weighted by Gasteiger charge is 2.19. The predicted octanol–water partition coefficient (Wildman–Crippen LogP) is 5.76. The first-order valence-corrected chi connectivity index (χ1v) is 12.3. The minimum atomic E-state index is -1.16. The minimum Gasteiger partial charge on any atom is -0.478 e. The van der Waals surface area contributed by atoms with Crippen LogP contribution in [0, 0.1) is 0 Å². The number of anilines is 1. The van der Waals surface area contributed by atoms with Gasteiger partial charge in [0.15, 0.2) is 0 Å². The SMILES string of the molecule is [B]c1ccc2[nH]cc(-c3nc4c5ccccc5c5ccc(NC(=O)c6ccccc6C(=O)O)cc5c4[nH]3)c2c1. The monoisotopic (exact) mass is 506 g/mol. The number of carbonyl (C=O) groups excluding carboxylic acids is 1. The number of aromatic nitrogens is 3. The molecule has 0 unspecified atom stereocenters. The van der Waals surface area contributed by atoms with Crippen LogP contribution in [0.15, 0.2) is 91.1 Å². The largest absolute Gasteiger partial charge is 0.478 e. The summed E-state index contributed by atoms with van der Waals surface area (Å²) >= 11 is 0. The molecule has 4 N–H and O–H groups in total. The summed E-state index contributed by atoms with van der Waals surface area (Å²) in [5, 5.41) is 17.3. The summed E-state index contributed by atoms with van der Waals surface area (Å²) in [6, 6.07) is 25.6. The maximum atomic E-state index is 13.1. The Hall–Kier alpha value is -5.37. The smallest absolute Gasteiger partial charge is 0.336 e. The van der Waals surface area contributed by atoms with E-state index >= 15 is 0 Å². The number of amides is 1. The molecule has 0 saturated carbocycles. The lowest BCUT2D eigenvalue weighted by molar-refractivity contribution is 0.0692. The van der Waals surface area contributed by atoms with Crippen LogP contribution in [0.3, 0.4) is 0 Å². The molecule has 7 aromatic rings. The van der Waals surface area contributed by atoms with Crippen molar-refractivity contribution in [3.05, 3.63) is 102 Å². The number of carboxylic acid groups (broad SMARTS) is 1. The lowest BCUT2D eigenvalue weighted by atomic mass is 9.94. The number of nitrogens with zero attached hydrogens (tertiary/aromatic N) is 1. The molecule has 2 heterocycles. The molecule has 0 spiro atoms. The summed E-state index contributed by atoms with van der Waals surface area (Å²) in [7, 11) is 6.07. The van der Waals surface area contributed by atoms with Crippen molar-refractivity contribution in [3.8, 4) is 11.4 Å². The van der Waals surface area contributed by atoms with Crippen LogP contribution in [0.25, 0.3) is 54.9 Å². The molecule has 2 aromatic heterocycles. The molecule has 5 aromatic carbocycles. The molecular formula is C31H19BN4O3. The van der Waals surface area contributed by atoms with Gasteiger partial charge in [-0.2, -0.15) is 0 Å². The Balaban J connectivity index is 1.41. The van der Waals surface area contributed by atoms with E-state index in [2.05, 4.69) is 21.4 Å². The van der Waals surface area contributed by atoms with Crippen LogP contribution in [0.2, 0.25) is 0 Å². The first-order valence-electron chi connectivity index (χ1n) is 12.3. The van der Waals surface area contributed by atoms with Crippen molar-refractivity contribution >= 4 is 74.4 Å². The molecule has 0 aliphatic rings. The zero-order valence-electron chi connectivity index (χ0n) is 20.4. The average Bonchev–Trinajstić information content (AvgIpc) is 3.57. The summed E-state index contributed by atoms with van der Waals surface area (Å²) < 4.78 is 0. The third kappa shape index (κ3) is 3.65. The fourth-order valence-electron chi connectivity index (χ4n) is 5.28. The van der Waals surface area contributed by atoms with E-state index in [1.165, 1.54) is 12.1 Å². The van der Waals surface area contributed by atoms with Crippen LogP contribution in [-0.2, 0) is 0 Å². The number of nitrogens with one attached hydrogen (secondary N) is 3. The van der Waals surface area contributed by atoms with Crippen LogP contribution < -0.4 is 10.8 Å². The highest BCUT2D eigenvalue weighted by molar-refractivity contribution is 6.33. The Morgan fingerprint density at radius 3 is 2.36 bits per heavy atom.